The van der Waals surface area contributed by atoms with Crippen molar-refractivity contribution in [2.24, 2.45) is 0 Å². The number of carbonyl (C=O) groups is 1. The smallest absolute Gasteiger partial charge is 0.305 e. The fraction of sp³-hybridized carbons (Fsp3) is 0.976. The molecule has 0 aromatic heterocycles. The van der Waals surface area contributed by atoms with E-state index in [2.05, 4.69) is 25.7 Å². The van der Waals surface area contributed by atoms with Gasteiger partial charge in [0.15, 0.2) is 0 Å². The van der Waals surface area contributed by atoms with Crippen molar-refractivity contribution >= 4 is 5.97 Å². The number of ether oxygens (including phenoxy) is 1. The van der Waals surface area contributed by atoms with Gasteiger partial charge in [-0.1, -0.05) is 167 Å². The molecule has 0 heterocycles. The van der Waals surface area contributed by atoms with Gasteiger partial charge in [0, 0.05) is 13.0 Å². The van der Waals surface area contributed by atoms with E-state index in [9.17, 15) is 9.90 Å². The van der Waals surface area contributed by atoms with Crippen LogP contribution in [0.3, 0.4) is 0 Å². The normalized spacial score (nSPS) is 11.7. The first-order valence-electron chi connectivity index (χ1n) is 21.7. The van der Waals surface area contributed by atoms with Crippen molar-refractivity contribution in [3.8, 4) is 0 Å². The molecule has 0 saturated heterocycles. The van der Waals surface area contributed by atoms with Crippen molar-refractivity contribution in [3.05, 3.63) is 0 Å². The van der Waals surface area contributed by atoms with E-state index in [-0.39, 0.29) is 12.6 Å². The van der Waals surface area contributed by atoms with E-state index in [4.69, 9.17) is 14.4 Å². The number of aliphatic hydroxyl groups is 1. The standard InChI is InChI=1S/C42H86N2O5/c1-4-7-10-13-16-17-18-22-30-39-47-42(46)33-26-25-28-35-43(37-38-45)34-27-20-19-21-29-36-44(48-40-31-23-14-11-8-5-2)49-41-32-24-15-12-9-6-3/h45H,4-41H2,1-3H3. The number of hydrogen-bond donors (Lipinski definition) is 1. The van der Waals surface area contributed by atoms with Gasteiger partial charge in [-0.05, 0) is 58.0 Å². The highest BCUT2D eigenvalue weighted by Crippen LogP contribution is 2.12. The Balaban J connectivity index is 3.95. The highest BCUT2D eigenvalue weighted by atomic mass is 16.9. The number of nitrogens with zero attached hydrogens (tertiary/aromatic N) is 2. The monoisotopic (exact) mass is 699 g/mol. The SMILES string of the molecule is CCCCCCCCCCCOC(=O)CCCCCN(CCO)CCCCCCCN(OCCCCCCCC)OCCCCCCCC. The second-order valence-electron chi connectivity index (χ2n) is 14.5. The van der Waals surface area contributed by atoms with E-state index in [1.165, 1.54) is 135 Å². The van der Waals surface area contributed by atoms with Crippen LogP contribution in [0.25, 0.3) is 0 Å². The van der Waals surface area contributed by atoms with Crippen molar-refractivity contribution in [3.63, 3.8) is 0 Å². The number of unbranched alkanes of at least 4 members (excludes halogenated alkanes) is 24. The zero-order valence-electron chi connectivity index (χ0n) is 33.3. The van der Waals surface area contributed by atoms with Crippen LogP contribution in [0.4, 0.5) is 0 Å². The fourth-order valence-electron chi connectivity index (χ4n) is 6.30. The molecule has 0 amide bonds. The van der Waals surface area contributed by atoms with Crippen LogP contribution in [-0.2, 0) is 19.2 Å². The van der Waals surface area contributed by atoms with Crippen LogP contribution in [0.15, 0.2) is 0 Å². The molecule has 294 valence electrons. The second kappa shape index (κ2) is 41.7. The van der Waals surface area contributed by atoms with Gasteiger partial charge in [0.25, 0.3) is 0 Å². The second-order valence-corrected chi connectivity index (χ2v) is 14.5. The zero-order chi connectivity index (χ0) is 35.7. The summed E-state index contributed by atoms with van der Waals surface area (Å²) in [5.41, 5.74) is 0. The van der Waals surface area contributed by atoms with Gasteiger partial charge in [-0.25, -0.2) is 0 Å². The first-order chi connectivity index (χ1) is 24.2. The Morgan fingerprint density at radius 1 is 0.429 bits per heavy atom. The predicted octanol–water partition coefficient (Wildman–Crippen LogP) is 11.8. The molecule has 49 heavy (non-hydrogen) atoms. The minimum atomic E-state index is -0.0383. The summed E-state index contributed by atoms with van der Waals surface area (Å²) in [6, 6.07) is 0. The quantitative estimate of drug-likeness (QED) is 0.0386. The Labute approximate surface area is 305 Å². The Morgan fingerprint density at radius 2 is 0.796 bits per heavy atom. The van der Waals surface area contributed by atoms with E-state index in [1.807, 2.05) is 0 Å². The maximum Gasteiger partial charge on any atom is 0.305 e. The largest absolute Gasteiger partial charge is 0.466 e. The molecule has 0 fully saturated rings. The first-order valence-corrected chi connectivity index (χ1v) is 21.7. The molecular weight excluding hydrogens is 612 g/mol. The van der Waals surface area contributed by atoms with Crippen LogP contribution in [0.5, 0.6) is 0 Å². The molecule has 0 aliphatic heterocycles. The van der Waals surface area contributed by atoms with Crippen molar-refractivity contribution in [2.45, 2.75) is 213 Å². The lowest BCUT2D eigenvalue weighted by Crippen LogP contribution is -2.29. The molecule has 0 aliphatic rings. The Bertz CT molecular complexity index is 620. The molecule has 0 atom stereocenters. The van der Waals surface area contributed by atoms with E-state index < -0.39 is 0 Å². The van der Waals surface area contributed by atoms with Gasteiger partial charge in [-0.2, -0.15) is 0 Å². The summed E-state index contributed by atoms with van der Waals surface area (Å²) in [7, 11) is 0. The van der Waals surface area contributed by atoms with Crippen LogP contribution in [0.2, 0.25) is 0 Å². The van der Waals surface area contributed by atoms with Gasteiger partial charge in [-0.3, -0.25) is 14.5 Å². The molecule has 0 aromatic carbocycles. The zero-order valence-corrected chi connectivity index (χ0v) is 33.3. The van der Waals surface area contributed by atoms with Crippen LogP contribution >= 0.6 is 0 Å². The summed E-state index contributed by atoms with van der Waals surface area (Å²) in [4.78, 5) is 26.6. The summed E-state index contributed by atoms with van der Waals surface area (Å²) < 4.78 is 5.45. The third kappa shape index (κ3) is 38.3. The third-order valence-electron chi connectivity index (χ3n) is 9.56. The van der Waals surface area contributed by atoms with Crippen molar-refractivity contribution < 1.29 is 24.3 Å². The Morgan fingerprint density at radius 3 is 1.24 bits per heavy atom. The summed E-state index contributed by atoms with van der Waals surface area (Å²) >= 11 is 0. The molecule has 0 bridgehead atoms. The molecule has 1 N–H and O–H groups in total. The van der Waals surface area contributed by atoms with E-state index in [0.29, 0.717) is 13.0 Å². The predicted molar refractivity (Wildman–Crippen MR) is 209 cm³/mol. The summed E-state index contributed by atoms with van der Waals surface area (Å²) in [5.74, 6) is -0.0383. The van der Waals surface area contributed by atoms with Crippen LogP contribution in [0.1, 0.15) is 213 Å². The van der Waals surface area contributed by atoms with Crippen LogP contribution in [0, 0.1) is 0 Å². The molecule has 0 rings (SSSR count). The lowest BCUT2D eigenvalue weighted by Gasteiger charge is -2.22. The Hall–Kier alpha value is -0.730. The first kappa shape index (κ1) is 48.3. The lowest BCUT2D eigenvalue weighted by molar-refractivity contribution is -0.369. The molecule has 0 aromatic rings. The van der Waals surface area contributed by atoms with Crippen molar-refractivity contribution in [1.82, 2.24) is 10.1 Å². The number of hydrogen-bond acceptors (Lipinski definition) is 7. The summed E-state index contributed by atoms with van der Waals surface area (Å²) in [6.07, 6.45) is 36.2. The highest BCUT2D eigenvalue weighted by molar-refractivity contribution is 5.69. The third-order valence-corrected chi connectivity index (χ3v) is 9.56. The number of rotatable bonds is 42. The number of carbonyl (C=O) groups excluding carboxylic acids is 1. The molecule has 7 heteroatoms. The van der Waals surface area contributed by atoms with Gasteiger partial charge < -0.3 is 14.7 Å². The lowest BCUT2D eigenvalue weighted by atomic mass is 10.1. The average molecular weight is 699 g/mol. The van der Waals surface area contributed by atoms with Crippen LogP contribution in [-0.4, -0.2) is 73.8 Å². The molecule has 0 spiro atoms. The van der Waals surface area contributed by atoms with Gasteiger partial charge in [-0.15, -0.1) is 0 Å². The fourth-order valence-corrected chi connectivity index (χ4v) is 6.30. The van der Waals surface area contributed by atoms with E-state index >= 15 is 0 Å². The number of hydroxylamine groups is 2. The Kier molecular flexibility index (Phi) is 41.1. The topological polar surface area (TPSA) is 71.5 Å². The van der Waals surface area contributed by atoms with Gasteiger partial charge in [0.2, 0.25) is 0 Å². The van der Waals surface area contributed by atoms with Gasteiger partial charge in [0.05, 0.1) is 33.0 Å². The maximum atomic E-state index is 12.1. The minimum absolute atomic E-state index is 0.0383. The van der Waals surface area contributed by atoms with E-state index in [0.717, 1.165) is 90.8 Å². The molecule has 0 aliphatic carbocycles. The molecule has 0 radical (unpaired) electrons. The van der Waals surface area contributed by atoms with E-state index in [1.54, 1.807) is 5.23 Å². The maximum absolute atomic E-state index is 12.1. The number of aliphatic hydroxyl groups excluding tert-OH is 1. The molecule has 0 unspecified atom stereocenters. The molecule has 0 saturated carbocycles. The number of esters is 1. The van der Waals surface area contributed by atoms with Gasteiger partial charge >= 0.3 is 5.97 Å². The average Bonchev–Trinajstić information content (AvgIpc) is 3.10. The molecular formula is C42H86N2O5. The molecule has 7 nitrogen and oxygen atoms in total. The van der Waals surface area contributed by atoms with Crippen LogP contribution < -0.4 is 0 Å². The minimum Gasteiger partial charge on any atom is -0.466 e. The van der Waals surface area contributed by atoms with Crippen molar-refractivity contribution in [2.75, 3.05) is 52.6 Å². The van der Waals surface area contributed by atoms with Gasteiger partial charge in [0.1, 0.15) is 0 Å². The summed E-state index contributed by atoms with van der Waals surface area (Å²) in [5, 5.41) is 11.3. The summed E-state index contributed by atoms with van der Waals surface area (Å²) in [6.45, 7) is 12.7. The highest BCUT2D eigenvalue weighted by Gasteiger charge is 2.08. The van der Waals surface area contributed by atoms with Crippen molar-refractivity contribution in [1.29, 1.82) is 0 Å².